The second-order valence-electron chi connectivity index (χ2n) is 0. The predicted molar refractivity (Wildman–Crippen MR) is 7.84 cm³/mol. The number of hydrogen-bond acceptors (Lipinski definition) is 1. The summed E-state index contributed by atoms with van der Waals surface area (Å²) < 4.78 is 8.28. The Balaban J connectivity index is -0.00000000500. The van der Waals surface area contributed by atoms with Gasteiger partial charge in [-0.2, -0.15) is 0 Å². The van der Waals surface area contributed by atoms with Gasteiger partial charge in [-0.25, -0.2) is 0 Å². The summed E-state index contributed by atoms with van der Waals surface area (Å²) in [5.74, 6) is 0. The predicted octanol–water partition coefficient (Wildman–Crippen LogP) is -0.770. The van der Waals surface area contributed by atoms with E-state index in [1.54, 1.807) is 0 Å². The van der Waals surface area contributed by atoms with Gasteiger partial charge < -0.3 is 0 Å². The van der Waals surface area contributed by atoms with Crippen LogP contribution in [-0.2, 0) is 20.9 Å². The van der Waals surface area contributed by atoms with Gasteiger partial charge in [0.1, 0.15) is 0 Å². The Morgan fingerprint density at radius 2 is 1.25 bits per heavy atom. The molecule has 0 aromatic rings. The molecule has 0 aliphatic rings. The third-order valence-corrected chi connectivity index (χ3v) is 0. The van der Waals surface area contributed by atoms with E-state index in [-0.39, 0.29) is 58.8 Å². The standard InChI is InChI=1S/Al.Ce.Fe.O.H. The zero-order valence-electron chi connectivity index (χ0n) is 1.97. The monoisotopic (exact) mass is 240 g/mol. The van der Waals surface area contributed by atoms with E-state index in [1.807, 2.05) is 0 Å². The Bertz CT molecular complexity index is 8.00. The molecule has 0 spiro atoms. The first-order valence-corrected chi connectivity index (χ1v) is 0.866. The van der Waals surface area contributed by atoms with Crippen LogP contribution in [0.15, 0.2) is 0 Å². The first-order chi connectivity index (χ1) is 1.00. The molecule has 0 saturated carbocycles. The van der Waals surface area contributed by atoms with Gasteiger partial charge in [-0.05, 0) is 0 Å². The minimum atomic E-state index is 0. The molecule has 0 unspecified atom stereocenters. The Kier molecular flexibility index (Phi) is 76.9. The molecule has 0 aliphatic carbocycles. The third-order valence-electron chi connectivity index (χ3n) is 0. The molecule has 0 fully saturated rings. The first-order valence-electron chi connectivity index (χ1n) is 0.289. The summed E-state index contributed by atoms with van der Waals surface area (Å²) >= 11 is 0.611. The van der Waals surface area contributed by atoms with E-state index < -0.39 is 0 Å². The van der Waals surface area contributed by atoms with Crippen molar-refractivity contribution >= 4 is 16.2 Å². The summed E-state index contributed by atoms with van der Waals surface area (Å²) in [6.45, 7) is 0. The Labute approximate surface area is 77.4 Å². The van der Waals surface area contributed by atoms with Crippen LogP contribution >= 0.6 is 0 Å². The zero-order valence-corrected chi connectivity index (χ0v) is 7.63. The van der Waals surface area contributed by atoms with Crippen LogP contribution in [0.25, 0.3) is 0 Å². The normalized spacial score (nSPS) is 0.750. The second-order valence-corrected chi connectivity index (χ2v) is 0. The molecule has 0 saturated heterocycles. The van der Waals surface area contributed by atoms with Crippen LogP contribution in [0.5, 0.6) is 0 Å². The second kappa shape index (κ2) is 18.8. The van der Waals surface area contributed by atoms with Crippen LogP contribution in [0.4, 0.5) is 0 Å². The van der Waals surface area contributed by atoms with Crippen LogP contribution in [-0.4, -0.2) is 16.2 Å². The van der Waals surface area contributed by atoms with Crippen molar-refractivity contribution in [3.05, 3.63) is 0 Å². The molecule has 0 amide bonds. The molecule has 0 aromatic heterocycles. The summed E-state index contributed by atoms with van der Waals surface area (Å²) in [6, 6.07) is 0. The molecule has 4 heteroatoms. The maximum absolute atomic E-state index is 8.28. The van der Waals surface area contributed by atoms with Gasteiger partial charge in [0, 0.05) is 58.8 Å². The van der Waals surface area contributed by atoms with E-state index in [0.29, 0.717) is 16.2 Å². The van der Waals surface area contributed by atoms with Gasteiger partial charge in [0.2, 0.25) is 0 Å². The quantitative estimate of drug-likeness (QED) is 0.508. The molecule has 0 rings (SSSR count). The molecule has 0 aliphatic heterocycles. The average Bonchev–Trinajstić information content (AvgIpc) is 1.00. The van der Waals surface area contributed by atoms with Gasteiger partial charge >= 0.3 is 20.0 Å². The van der Waals surface area contributed by atoms with Crippen LogP contribution < -0.4 is 0 Å². The SMILES string of the molecule is [Ce].[Fe].[O]=[AlH]. The molecular formula is HAlCeFeO. The average molecular weight is 240 g/mol. The van der Waals surface area contributed by atoms with E-state index in [1.165, 1.54) is 0 Å². The fourth-order valence-electron chi connectivity index (χ4n) is 0. The van der Waals surface area contributed by atoms with Gasteiger partial charge in [-0.15, -0.1) is 0 Å². The molecule has 0 aromatic carbocycles. The molecule has 4 heavy (non-hydrogen) atoms. The van der Waals surface area contributed by atoms with Crippen molar-refractivity contribution in [2.24, 2.45) is 0 Å². The molecule has 0 atom stereocenters. The van der Waals surface area contributed by atoms with Gasteiger partial charge in [0.05, 0.1) is 0 Å². The maximum atomic E-state index is 8.28. The van der Waals surface area contributed by atoms with Crippen molar-refractivity contribution in [2.75, 3.05) is 0 Å². The molecule has 0 radical (unpaired) electrons. The van der Waals surface area contributed by atoms with Gasteiger partial charge in [0.25, 0.3) is 0 Å². The van der Waals surface area contributed by atoms with E-state index >= 15 is 0 Å². The Morgan fingerprint density at radius 3 is 1.25 bits per heavy atom. The minimum absolute atomic E-state index is 0. The van der Waals surface area contributed by atoms with E-state index in [4.69, 9.17) is 3.80 Å². The van der Waals surface area contributed by atoms with Crippen LogP contribution in [0.2, 0.25) is 0 Å². The summed E-state index contributed by atoms with van der Waals surface area (Å²) in [5.41, 5.74) is 0. The topological polar surface area (TPSA) is 17.1 Å². The fourth-order valence-corrected chi connectivity index (χ4v) is 0. The number of hydrogen-bond donors (Lipinski definition) is 0. The van der Waals surface area contributed by atoms with Crippen LogP contribution in [0, 0.1) is 41.7 Å². The van der Waals surface area contributed by atoms with E-state index in [0.717, 1.165) is 0 Å². The summed E-state index contributed by atoms with van der Waals surface area (Å²) in [7, 11) is 0. The Morgan fingerprint density at radius 1 is 1.25 bits per heavy atom. The molecule has 22 valence electrons. The van der Waals surface area contributed by atoms with E-state index in [9.17, 15) is 0 Å². The van der Waals surface area contributed by atoms with Crippen molar-refractivity contribution in [2.45, 2.75) is 0 Å². The first kappa shape index (κ1) is 16.3. The van der Waals surface area contributed by atoms with Crippen molar-refractivity contribution in [3.8, 4) is 0 Å². The Hall–Kier alpha value is 2.23. The molecule has 1 nitrogen and oxygen atoms in total. The van der Waals surface area contributed by atoms with Gasteiger partial charge in [-0.1, -0.05) is 0 Å². The van der Waals surface area contributed by atoms with Crippen molar-refractivity contribution in [1.82, 2.24) is 0 Å². The third kappa shape index (κ3) is 8.87. The molecule has 0 N–H and O–H groups in total. The van der Waals surface area contributed by atoms with Crippen molar-refractivity contribution in [3.63, 3.8) is 0 Å². The van der Waals surface area contributed by atoms with Crippen LogP contribution in [0.1, 0.15) is 0 Å². The van der Waals surface area contributed by atoms with Crippen molar-refractivity contribution < 1.29 is 62.6 Å². The van der Waals surface area contributed by atoms with E-state index in [2.05, 4.69) is 0 Å². The van der Waals surface area contributed by atoms with Gasteiger partial charge in [0.15, 0.2) is 0 Å². The molecular weight excluding hydrogens is 239 g/mol. The molecule has 0 heterocycles. The summed E-state index contributed by atoms with van der Waals surface area (Å²) in [5, 5.41) is 0. The van der Waals surface area contributed by atoms with Crippen molar-refractivity contribution in [1.29, 1.82) is 0 Å². The zero-order chi connectivity index (χ0) is 2.00. The molecule has 0 bridgehead atoms. The van der Waals surface area contributed by atoms with Gasteiger partial charge in [-0.3, -0.25) is 0 Å². The summed E-state index contributed by atoms with van der Waals surface area (Å²) in [4.78, 5) is 0. The number of rotatable bonds is 0. The fraction of sp³-hybridized carbons (Fsp3) is 0. The van der Waals surface area contributed by atoms with Crippen LogP contribution in [0.3, 0.4) is 0 Å². The summed E-state index contributed by atoms with van der Waals surface area (Å²) in [6.07, 6.45) is 0.